The number of fused-ring (bicyclic) bond motifs is 2. The van der Waals surface area contributed by atoms with Crippen LogP contribution in [0.3, 0.4) is 0 Å². The molecule has 3 heterocycles. The molecule has 2 aliphatic rings. The van der Waals surface area contributed by atoms with Crippen LogP contribution in [0.15, 0.2) is 36.5 Å². The van der Waals surface area contributed by atoms with E-state index in [4.69, 9.17) is 0 Å². The summed E-state index contributed by atoms with van der Waals surface area (Å²) in [6.45, 7) is 0.923. The highest BCUT2D eigenvalue weighted by atomic mass is 16.3. The summed E-state index contributed by atoms with van der Waals surface area (Å²) in [7, 11) is 0. The Balaban J connectivity index is 1.35. The fourth-order valence-corrected chi connectivity index (χ4v) is 4.64. The maximum Gasteiger partial charge on any atom is 0.274 e. The van der Waals surface area contributed by atoms with Gasteiger partial charge in [0, 0.05) is 41.8 Å². The Morgan fingerprint density at radius 1 is 1.18 bits per heavy atom. The summed E-state index contributed by atoms with van der Waals surface area (Å²) in [5, 5.41) is 19.1. The van der Waals surface area contributed by atoms with Gasteiger partial charge < -0.3 is 10.0 Å². The standard InChI is InChI=1S/C22H24N4O2/c27-20-13-26(22(28)21-17-6-2-4-8-19(17)24-25-21)12-15(20)11-14-9-10-23-18-7-3-1-5-16(14)18/h1,3,5,7,9-10,15,20,27H,2,4,6,8,11-13H2,(H,24,25)/t15-,20-/m1/s1. The monoisotopic (exact) mass is 376 g/mol. The molecule has 0 bridgehead atoms. The van der Waals surface area contributed by atoms with Crippen molar-refractivity contribution in [1.82, 2.24) is 20.1 Å². The first kappa shape index (κ1) is 17.4. The number of benzene rings is 1. The fraction of sp³-hybridized carbons (Fsp3) is 0.409. The first-order chi connectivity index (χ1) is 13.7. The van der Waals surface area contributed by atoms with Crippen molar-refractivity contribution in [2.75, 3.05) is 13.1 Å². The van der Waals surface area contributed by atoms with Crippen LogP contribution in [0.1, 0.15) is 40.2 Å². The highest BCUT2D eigenvalue weighted by Gasteiger charge is 2.36. The number of nitrogens with zero attached hydrogens (tertiary/aromatic N) is 3. The number of aryl methyl sites for hydroxylation is 1. The zero-order valence-corrected chi connectivity index (χ0v) is 15.8. The minimum absolute atomic E-state index is 0.0181. The fourth-order valence-electron chi connectivity index (χ4n) is 4.64. The van der Waals surface area contributed by atoms with Gasteiger partial charge in [-0.1, -0.05) is 18.2 Å². The predicted octanol–water partition coefficient (Wildman–Crippen LogP) is 2.51. The average Bonchev–Trinajstić information content (AvgIpc) is 3.32. The number of carbonyl (C=O) groups is 1. The van der Waals surface area contributed by atoms with E-state index >= 15 is 0 Å². The number of H-pyrrole nitrogens is 1. The van der Waals surface area contributed by atoms with Crippen LogP contribution in [-0.2, 0) is 19.3 Å². The molecule has 1 saturated heterocycles. The van der Waals surface area contributed by atoms with Gasteiger partial charge in [0.05, 0.1) is 11.6 Å². The summed E-state index contributed by atoms with van der Waals surface area (Å²) in [5.74, 6) is -0.0370. The van der Waals surface area contributed by atoms with Crippen molar-refractivity contribution >= 4 is 16.8 Å². The third-order valence-electron chi connectivity index (χ3n) is 6.17. The molecule has 1 aliphatic carbocycles. The Bertz CT molecular complexity index is 1020. The lowest BCUT2D eigenvalue weighted by Crippen LogP contribution is -2.30. The molecule has 0 unspecified atom stereocenters. The number of rotatable bonds is 3. The number of aliphatic hydroxyl groups excluding tert-OH is 1. The molecule has 3 aromatic rings. The summed E-state index contributed by atoms with van der Waals surface area (Å²) < 4.78 is 0. The lowest BCUT2D eigenvalue weighted by atomic mass is 9.94. The van der Waals surface area contributed by atoms with Gasteiger partial charge in [-0.3, -0.25) is 14.9 Å². The molecule has 0 radical (unpaired) electrons. The molecule has 2 atom stereocenters. The normalized spacial score (nSPS) is 21.8. The van der Waals surface area contributed by atoms with E-state index in [1.165, 1.54) is 5.56 Å². The van der Waals surface area contributed by atoms with E-state index in [1.54, 1.807) is 4.90 Å². The van der Waals surface area contributed by atoms with Crippen LogP contribution in [0.2, 0.25) is 0 Å². The summed E-state index contributed by atoms with van der Waals surface area (Å²) in [4.78, 5) is 19.2. The predicted molar refractivity (Wildman–Crippen MR) is 106 cm³/mol. The zero-order chi connectivity index (χ0) is 19.1. The van der Waals surface area contributed by atoms with E-state index in [1.807, 2.05) is 30.5 Å². The smallest absolute Gasteiger partial charge is 0.274 e. The Hall–Kier alpha value is -2.73. The van der Waals surface area contributed by atoms with Crippen LogP contribution in [0, 0.1) is 5.92 Å². The summed E-state index contributed by atoms with van der Waals surface area (Å²) in [5.41, 5.74) is 4.87. The molecule has 6 heteroatoms. The van der Waals surface area contributed by atoms with E-state index in [0.717, 1.165) is 54.3 Å². The number of nitrogens with one attached hydrogen (secondary N) is 1. The van der Waals surface area contributed by atoms with Gasteiger partial charge in [0.2, 0.25) is 0 Å². The number of amides is 1. The van der Waals surface area contributed by atoms with Crippen LogP contribution >= 0.6 is 0 Å². The molecular weight excluding hydrogens is 352 g/mol. The molecule has 6 nitrogen and oxygen atoms in total. The molecule has 1 fully saturated rings. The number of para-hydroxylation sites is 1. The van der Waals surface area contributed by atoms with Crippen LogP contribution in [0.25, 0.3) is 10.9 Å². The molecule has 0 saturated carbocycles. The van der Waals surface area contributed by atoms with E-state index < -0.39 is 6.10 Å². The van der Waals surface area contributed by atoms with E-state index in [0.29, 0.717) is 18.8 Å². The third kappa shape index (κ3) is 2.98. The van der Waals surface area contributed by atoms with Gasteiger partial charge in [0.15, 0.2) is 5.69 Å². The number of pyridine rings is 1. The number of aliphatic hydroxyl groups is 1. The number of hydrogen-bond donors (Lipinski definition) is 2. The van der Waals surface area contributed by atoms with Crippen LogP contribution in [0.5, 0.6) is 0 Å². The minimum atomic E-state index is -0.523. The van der Waals surface area contributed by atoms with Crippen molar-refractivity contribution in [3.8, 4) is 0 Å². The molecule has 2 aromatic heterocycles. The third-order valence-corrected chi connectivity index (χ3v) is 6.17. The van der Waals surface area contributed by atoms with Crippen molar-refractivity contribution in [3.05, 3.63) is 59.0 Å². The molecule has 5 rings (SSSR count). The van der Waals surface area contributed by atoms with Crippen molar-refractivity contribution in [3.63, 3.8) is 0 Å². The summed E-state index contributed by atoms with van der Waals surface area (Å²) in [6.07, 6.45) is 6.15. The van der Waals surface area contributed by atoms with E-state index in [-0.39, 0.29) is 11.8 Å². The lowest BCUT2D eigenvalue weighted by Gasteiger charge is -2.17. The topological polar surface area (TPSA) is 82.1 Å². The molecule has 1 aliphatic heterocycles. The average molecular weight is 376 g/mol. The van der Waals surface area contributed by atoms with Gasteiger partial charge >= 0.3 is 0 Å². The number of hydrogen-bond acceptors (Lipinski definition) is 4. The summed E-state index contributed by atoms with van der Waals surface area (Å²) >= 11 is 0. The maximum absolute atomic E-state index is 13.1. The Kier molecular flexibility index (Phi) is 4.36. The van der Waals surface area contributed by atoms with Crippen molar-refractivity contribution in [1.29, 1.82) is 0 Å². The highest BCUT2D eigenvalue weighted by molar-refractivity contribution is 5.94. The quantitative estimate of drug-likeness (QED) is 0.736. The van der Waals surface area contributed by atoms with Gasteiger partial charge in [-0.15, -0.1) is 0 Å². The number of likely N-dealkylation sites (tertiary alicyclic amines) is 1. The minimum Gasteiger partial charge on any atom is -0.391 e. The van der Waals surface area contributed by atoms with Crippen molar-refractivity contribution in [2.24, 2.45) is 5.92 Å². The molecule has 2 N–H and O–H groups in total. The number of β-amino-alcohol motifs (C(OH)–C–C–N with tert-alkyl or cyclic N) is 1. The number of aromatic nitrogens is 3. The van der Waals surface area contributed by atoms with Crippen molar-refractivity contribution < 1.29 is 9.90 Å². The van der Waals surface area contributed by atoms with Crippen molar-refractivity contribution in [2.45, 2.75) is 38.2 Å². The second kappa shape index (κ2) is 7.02. The Morgan fingerprint density at radius 2 is 2.04 bits per heavy atom. The largest absolute Gasteiger partial charge is 0.391 e. The van der Waals surface area contributed by atoms with Crippen LogP contribution in [0.4, 0.5) is 0 Å². The number of aromatic amines is 1. The Morgan fingerprint density at radius 3 is 2.96 bits per heavy atom. The molecular formula is C22H24N4O2. The lowest BCUT2D eigenvalue weighted by molar-refractivity contribution is 0.0757. The Labute approximate surface area is 163 Å². The van der Waals surface area contributed by atoms with E-state index in [2.05, 4.69) is 21.2 Å². The first-order valence-electron chi connectivity index (χ1n) is 10.1. The summed E-state index contributed by atoms with van der Waals surface area (Å²) in [6, 6.07) is 10.1. The SMILES string of the molecule is O=C(c1n[nH]c2c1CCCC2)N1C[C@@H](Cc2ccnc3ccccc23)[C@H](O)C1. The molecule has 1 amide bonds. The number of carbonyl (C=O) groups excluding carboxylic acids is 1. The van der Waals surface area contributed by atoms with E-state index in [9.17, 15) is 9.90 Å². The second-order valence-corrected chi connectivity index (χ2v) is 7.97. The van der Waals surface area contributed by atoms with Gasteiger partial charge in [-0.05, 0) is 49.8 Å². The van der Waals surface area contributed by atoms with Crippen LogP contribution < -0.4 is 0 Å². The molecule has 1 aromatic carbocycles. The molecule has 28 heavy (non-hydrogen) atoms. The zero-order valence-electron chi connectivity index (χ0n) is 15.8. The van der Waals surface area contributed by atoms with Gasteiger partial charge in [-0.2, -0.15) is 5.10 Å². The van der Waals surface area contributed by atoms with Gasteiger partial charge in [-0.25, -0.2) is 0 Å². The highest BCUT2D eigenvalue weighted by Crippen LogP contribution is 2.28. The maximum atomic E-state index is 13.1. The molecule has 0 spiro atoms. The molecule has 144 valence electrons. The second-order valence-electron chi connectivity index (χ2n) is 7.97. The van der Waals surface area contributed by atoms with Gasteiger partial charge in [0.1, 0.15) is 0 Å². The van der Waals surface area contributed by atoms with Gasteiger partial charge in [0.25, 0.3) is 5.91 Å². The van der Waals surface area contributed by atoms with Crippen LogP contribution in [-0.4, -0.2) is 50.3 Å². The first-order valence-corrected chi connectivity index (χ1v) is 10.1.